The van der Waals surface area contributed by atoms with Crippen LogP contribution in [-0.2, 0) is 4.79 Å². The summed E-state index contributed by atoms with van der Waals surface area (Å²) in [6.45, 7) is 3.86. The highest BCUT2D eigenvalue weighted by molar-refractivity contribution is 5.97. The Morgan fingerprint density at radius 3 is 2.47 bits per heavy atom. The molecule has 0 unspecified atom stereocenters. The van der Waals surface area contributed by atoms with E-state index in [1.54, 1.807) is 19.1 Å². The van der Waals surface area contributed by atoms with Crippen LogP contribution in [0.3, 0.4) is 0 Å². The molecule has 0 saturated heterocycles. The number of methoxy groups -OCH3 is 1. The fourth-order valence-electron chi connectivity index (χ4n) is 1.53. The van der Waals surface area contributed by atoms with Crippen molar-refractivity contribution in [2.45, 2.75) is 19.9 Å². The van der Waals surface area contributed by atoms with Crippen LogP contribution < -0.4 is 15.4 Å². The van der Waals surface area contributed by atoms with E-state index in [1.807, 2.05) is 38.1 Å². The van der Waals surface area contributed by atoms with Crippen molar-refractivity contribution in [1.29, 1.82) is 0 Å². The van der Waals surface area contributed by atoms with Crippen LogP contribution in [0.1, 0.15) is 13.8 Å². The van der Waals surface area contributed by atoms with Crippen molar-refractivity contribution < 1.29 is 9.53 Å². The van der Waals surface area contributed by atoms with Gasteiger partial charge in [-0.3, -0.25) is 4.79 Å². The van der Waals surface area contributed by atoms with Gasteiger partial charge in [-0.25, -0.2) is 0 Å². The summed E-state index contributed by atoms with van der Waals surface area (Å²) in [5, 5.41) is 0. The van der Waals surface area contributed by atoms with Gasteiger partial charge in [0.15, 0.2) is 0 Å². The Morgan fingerprint density at radius 1 is 1.35 bits per heavy atom. The molecule has 1 atom stereocenters. The maximum absolute atomic E-state index is 12.1. The van der Waals surface area contributed by atoms with E-state index in [1.165, 1.54) is 0 Å². The van der Waals surface area contributed by atoms with Gasteiger partial charge < -0.3 is 15.4 Å². The summed E-state index contributed by atoms with van der Waals surface area (Å²) in [5.74, 6) is 0.670. The zero-order valence-corrected chi connectivity index (χ0v) is 10.8. The first kappa shape index (κ1) is 13.5. The molecule has 0 aliphatic heterocycles. The minimum Gasteiger partial charge on any atom is -0.495 e. The first-order valence-corrected chi connectivity index (χ1v) is 5.65. The van der Waals surface area contributed by atoms with Gasteiger partial charge in [0, 0.05) is 7.05 Å². The summed E-state index contributed by atoms with van der Waals surface area (Å²) in [5.41, 5.74) is 6.59. The van der Waals surface area contributed by atoms with Crippen LogP contribution in [0.15, 0.2) is 24.3 Å². The molecular formula is C13H20N2O2. The average Bonchev–Trinajstić information content (AvgIpc) is 2.35. The SMILES string of the molecule is COc1ccccc1N(C)C(=O)[C@H](N)C(C)C. The quantitative estimate of drug-likeness (QED) is 0.864. The van der Waals surface area contributed by atoms with Crippen LogP contribution in [0.25, 0.3) is 0 Å². The summed E-state index contributed by atoms with van der Waals surface area (Å²) in [6.07, 6.45) is 0. The third kappa shape index (κ3) is 2.97. The largest absolute Gasteiger partial charge is 0.495 e. The normalized spacial score (nSPS) is 12.4. The highest BCUT2D eigenvalue weighted by Gasteiger charge is 2.23. The minimum atomic E-state index is -0.495. The summed E-state index contributed by atoms with van der Waals surface area (Å²) in [7, 11) is 3.29. The number of nitrogens with two attached hydrogens (primary N) is 1. The summed E-state index contributed by atoms with van der Waals surface area (Å²) in [4.78, 5) is 13.6. The Kier molecular flexibility index (Phi) is 4.52. The van der Waals surface area contributed by atoms with Crippen LogP contribution in [0.2, 0.25) is 0 Å². The molecule has 0 bridgehead atoms. The zero-order valence-electron chi connectivity index (χ0n) is 10.8. The molecule has 17 heavy (non-hydrogen) atoms. The lowest BCUT2D eigenvalue weighted by molar-refractivity contribution is -0.120. The Morgan fingerprint density at radius 2 is 1.94 bits per heavy atom. The number of para-hydroxylation sites is 2. The number of nitrogens with zero attached hydrogens (tertiary/aromatic N) is 1. The first-order valence-electron chi connectivity index (χ1n) is 5.65. The zero-order chi connectivity index (χ0) is 13.0. The van der Waals surface area contributed by atoms with Crippen LogP contribution in [0, 0.1) is 5.92 Å². The topological polar surface area (TPSA) is 55.6 Å². The van der Waals surface area contributed by atoms with Gasteiger partial charge in [-0.05, 0) is 18.1 Å². The van der Waals surface area contributed by atoms with E-state index >= 15 is 0 Å². The van der Waals surface area contributed by atoms with Crippen molar-refractivity contribution in [3.8, 4) is 5.75 Å². The van der Waals surface area contributed by atoms with Gasteiger partial charge >= 0.3 is 0 Å². The minimum absolute atomic E-state index is 0.107. The molecule has 1 rings (SSSR count). The fraction of sp³-hybridized carbons (Fsp3) is 0.462. The van der Waals surface area contributed by atoms with Gasteiger partial charge in [-0.1, -0.05) is 26.0 Å². The standard InChI is InChI=1S/C13H20N2O2/c1-9(2)12(14)13(16)15(3)10-7-5-6-8-11(10)17-4/h5-9,12H,14H2,1-4H3/t12-/m1/s1. The van der Waals surface area contributed by atoms with Crippen molar-refractivity contribution in [1.82, 2.24) is 0 Å². The van der Waals surface area contributed by atoms with Gasteiger partial charge in [-0.15, -0.1) is 0 Å². The second kappa shape index (κ2) is 5.68. The van der Waals surface area contributed by atoms with Crippen molar-refractivity contribution >= 4 is 11.6 Å². The maximum Gasteiger partial charge on any atom is 0.244 e. The second-order valence-corrected chi connectivity index (χ2v) is 4.34. The molecule has 0 aliphatic rings. The maximum atomic E-state index is 12.1. The number of amides is 1. The summed E-state index contributed by atoms with van der Waals surface area (Å²) < 4.78 is 5.22. The molecule has 0 radical (unpaired) electrons. The molecule has 0 heterocycles. The van der Waals surface area contributed by atoms with Crippen molar-refractivity contribution in [3.63, 3.8) is 0 Å². The Bertz CT molecular complexity index is 391. The van der Waals surface area contributed by atoms with E-state index in [-0.39, 0.29) is 11.8 Å². The molecule has 4 heteroatoms. The van der Waals surface area contributed by atoms with Gasteiger partial charge in [0.1, 0.15) is 5.75 Å². The molecular weight excluding hydrogens is 216 g/mol. The number of hydrogen-bond acceptors (Lipinski definition) is 3. The molecule has 1 amide bonds. The van der Waals surface area contributed by atoms with Gasteiger partial charge in [0.2, 0.25) is 5.91 Å². The molecule has 0 aromatic heterocycles. The fourth-order valence-corrected chi connectivity index (χ4v) is 1.53. The summed E-state index contributed by atoms with van der Waals surface area (Å²) >= 11 is 0. The molecule has 1 aromatic rings. The monoisotopic (exact) mass is 236 g/mol. The predicted molar refractivity (Wildman–Crippen MR) is 69.2 cm³/mol. The smallest absolute Gasteiger partial charge is 0.244 e. The van der Waals surface area contributed by atoms with E-state index in [4.69, 9.17) is 10.5 Å². The van der Waals surface area contributed by atoms with Crippen molar-refractivity contribution in [2.24, 2.45) is 11.7 Å². The molecule has 94 valence electrons. The van der Waals surface area contributed by atoms with Crippen LogP contribution in [0.4, 0.5) is 5.69 Å². The molecule has 4 nitrogen and oxygen atoms in total. The highest BCUT2D eigenvalue weighted by Crippen LogP contribution is 2.27. The van der Waals surface area contributed by atoms with Gasteiger partial charge in [-0.2, -0.15) is 0 Å². The summed E-state index contributed by atoms with van der Waals surface area (Å²) in [6, 6.07) is 6.89. The first-order chi connectivity index (χ1) is 7.99. The molecule has 2 N–H and O–H groups in total. The second-order valence-electron chi connectivity index (χ2n) is 4.34. The molecule has 1 aromatic carbocycles. The number of anilines is 1. The number of ether oxygens (including phenoxy) is 1. The number of rotatable bonds is 4. The molecule has 0 aliphatic carbocycles. The van der Waals surface area contributed by atoms with Crippen LogP contribution in [-0.4, -0.2) is 26.1 Å². The van der Waals surface area contributed by atoms with E-state index in [9.17, 15) is 4.79 Å². The van der Waals surface area contributed by atoms with Crippen molar-refractivity contribution in [2.75, 3.05) is 19.1 Å². The number of carbonyl (C=O) groups excluding carboxylic acids is 1. The van der Waals surface area contributed by atoms with Crippen LogP contribution >= 0.6 is 0 Å². The highest BCUT2D eigenvalue weighted by atomic mass is 16.5. The number of benzene rings is 1. The van der Waals surface area contributed by atoms with E-state index in [0.717, 1.165) is 5.69 Å². The third-order valence-electron chi connectivity index (χ3n) is 2.78. The lowest BCUT2D eigenvalue weighted by Crippen LogP contribution is -2.45. The van der Waals surface area contributed by atoms with E-state index in [0.29, 0.717) is 5.75 Å². The predicted octanol–water partition coefficient (Wildman–Crippen LogP) is 1.64. The number of likely N-dealkylation sites (N-methyl/N-ethyl adjacent to an activating group) is 1. The van der Waals surface area contributed by atoms with E-state index in [2.05, 4.69) is 0 Å². The Balaban J connectivity index is 2.96. The van der Waals surface area contributed by atoms with Crippen LogP contribution in [0.5, 0.6) is 5.75 Å². The number of hydrogen-bond donors (Lipinski definition) is 1. The lowest BCUT2D eigenvalue weighted by Gasteiger charge is -2.24. The Hall–Kier alpha value is -1.55. The molecule has 0 spiro atoms. The van der Waals surface area contributed by atoms with Crippen molar-refractivity contribution in [3.05, 3.63) is 24.3 Å². The third-order valence-corrected chi connectivity index (χ3v) is 2.78. The molecule has 0 saturated carbocycles. The molecule has 0 fully saturated rings. The van der Waals surface area contributed by atoms with E-state index < -0.39 is 6.04 Å². The number of carbonyl (C=O) groups is 1. The average molecular weight is 236 g/mol. The Labute approximate surface area is 102 Å². The lowest BCUT2D eigenvalue weighted by atomic mass is 10.0. The van der Waals surface area contributed by atoms with Gasteiger partial charge in [0.25, 0.3) is 0 Å². The van der Waals surface area contributed by atoms with Gasteiger partial charge in [0.05, 0.1) is 18.8 Å².